The van der Waals surface area contributed by atoms with Gasteiger partial charge >= 0.3 is 0 Å². The minimum Gasteiger partial charge on any atom is -0.465 e. The molecule has 9 heteroatoms. The van der Waals surface area contributed by atoms with Crippen LogP contribution in [0.15, 0.2) is 34.9 Å². The largest absolute Gasteiger partial charge is 0.465 e. The molecule has 0 radical (unpaired) electrons. The van der Waals surface area contributed by atoms with Crippen LogP contribution in [0.1, 0.15) is 28.1 Å². The molecule has 1 unspecified atom stereocenters. The van der Waals surface area contributed by atoms with Crippen molar-refractivity contribution in [3.63, 3.8) is 0 Å². The fourth-order valence-electron chi connectivity index (χ4n) is 2.98. The Labute approximate surface area is 168 Å². The van der Waals surface area contributed by atoms with E-state index in [4.69, 9.17) is 20.8 Å². The summed E-state index contributed by atoms with van der Waals surface area (Å²) < 4.78 is 11.2. The Balaban J connectivity index is 1.53. The van der Waals surface area contributed by atoms with Crippen molar-refractivity contribution in [2.75, 3.05) is 39.4 Å². The van der Waals surface area contributed by atoms with Crippen molar-refractivity contribution in [2.24, 2.45) is 0 Å². The van der Waals surface area contributed by atoms with Crippen LogP contribution in [0.4, 0.5) is 0 Å². The highest BCUT2D eigenvalue weighted by molar-refractivity contribution is 6.30. The molecule has 0 spiro atoms. The number of carbonyl (C=O) groups excluding carboxylic acids is 2. The zero-order valence-corrected chi connectivity index (χ0v) is 16.4. The van der Waals surface area contributed by atoms with Crippen LogP contribution in [-0.2, 0) is 9.53 Å². The minimum absolute atomic E-state index is 0.0909. The predicted octanol–water partition coefficient (Wildman–Crippen LogP) is 1.56. The van der Waals surface area contributed by atoms with Gasteiger partial charge in [0.25, 0.3) is 5.91 Å². The Kier molecular flexibility index (Phi) is 7.02. The SMILES string of the molecule is Cc1ccc(C(CNC(=O)CNC(=O)c2cc(Cl)ccn2)N2CCOCC2)o1. The fourth-order valence-corrected chi connectivity index (χ4v) is 3.14. The molecule has 2 N–H and O–H groups in total. The van der Waals surface area contributed by atoms with Crippen LogP contribution < -0.4 is 10.6 Å². The van der Waals surface area contributed by atoms with Gasteiger partial charge in [-0.15, -0.1) is 0 Å². The number of aryl methyl sites for hydroxylation is 1. The number of aromatic nitrogens is 1. The molecule has 2 amide bonds. The number of carbonyl (C=O) groups is 2. The Morgan fingerprint density at radius 3 is 2.71 bits per heavy atom. The highest BCUT2D eigenvalue weighted by atomic mass is 35.5. The van der Waals surface area contributed by atoms with Crippen LogP contribution in [-0.4, -0.2) is 61.1 Å². The van der Waals surface area contributed by atoms with Crippen LogP contribution in [0.25, 0.3) is 0 Å². The molecule has 1 aliphatic heterocycles. The molecule has 2 aromatic rings. The molecule has 150 valence electrons. The smallest absolute Gasteiger partial charge is 0.270 e. The van der Waals surface area contributed by atoms with Gasteiger partial charge < -0.3 is 19.8 Å². The van der Waals surface area contributed by atoms with Gasteiger partial charge in [0.2, 0.25) is 5.91 Å². The van der Waals surface area contributed by atoms with Gasteiger partial charge in [0.05, 0.1) is 25.8 Å². The Morgan fingerprint density at radius 2 is 2.04 bits per heavy atom. The summed E-state index contributed by atoms with van der Waals surface area (Å²) in [5, 5.41) is 5.82. The third-order valence-electron chi connectivity index (χ3n) is 4.43. The number of furan rings is 1. The second kappa shape index (κ2) is 9.68. The van der Waals surface area contributed by atoms with E-state index in [-0.39, 0.29) is 24.2 Å². The number of hydrogen-bond donors (Lipinski definition) is 2. The Bertz CT molecular complexity index is 820. The highest BCUT2D eigenvalue weighted by Crippen LogP contribution is 2.23. The number of nitrogens with one attached hydrogen (secondary N) is 2. The van der Waals surface area contributed by atoms with Crippen molar-refractivity contribution in [2.45, 2.75) is 13.0 Å². The summed E-state index contributed by atoms with van der Waals surface area (Å²) in [6, 6.07) is 6.76. The number of ether oxygens (including phenoxy) is 1. The third-order valence-corrected chi connectivity index (χ3v) is 4.67. The van der Waals surface area contributed by atoms with E-state index in [1.54, 1.807) is 6.07 Å². The lowest BCUT2D eigenvalue weighted by Gasteiger charge is -2.33. The van der Waals surface area contributed by atoms with Gasteiger partial charge in [-0.05, 0) is 31.2 Å². The first-order valence-electron chi connectivity index (χ1n) is 9.07. The van der Waals surface area contributed by atoms with E-state index < -0.39 is 5.91 Å². The molecule has 28 heavy (non-hydrogen) atoms. The van der Waals surface area contributed by atoms with Crippen LogP contribution >= 0.6 is 11.6 Å². The Morgan fingerprint density at radius 1 is 1.25 bits per heavy atom. The number of rotatable bonds is 7. The van der Waals surface area contributed by atoms with Gasteiger partial charge in [0, 0.05) is 30.9 Å². The van der Waals surface area contributed by atoms with Crippen LogP contribution in [0.3, 0.4) is 0 Å². The second-order valence-electron chi connectivity index (χ2n) is 6.46. The molecule has 0 saturated carbocycles. The number of amides is 2. The molecule has 0 aromatic carbocycles. The molecule has 3 rings (SSSR count). The molecule has 2 aromatic heterocycles. The standard InChI is InChI=1S/C19H23ClN4O4/c1-13-2-3-17(28-13)16(24-6-8-27-9-7-24)11-22-18(25)12-23-19(26)15-10-14(20)4-5-21-15/h2-5,10,16H,6-9,11-12H2,1H3,(H,22,25)(H,23,26). The summed E-state index contributed by atoms with van der Waals surface area (Å²) in [5.41, 5.74) is 0.164. The lowest BCUT2D eigenvalue weighted by atomic mass is 10.1. The maximum Gasteiger partial charge on any atom is 0.270 e. The zero-order valence-electron chi connectivity index (χ0n) is 15.6. The molecule has 3 heterocycles. The van der Waals surface area contributed by atoms with Crippen LogP contribution in [0.5, 0.6) is 0 Å². The number of morpholine rings is 1. The summed E-state index contributed by atoms with van der Waals surface area (Å²) in [6.45, 7) is 4.92. The second-order valence-corrected chi connectivity index (χ2v) is 6.90. The molecule has 0 aliphatic carbocycles. The van der Waals surface area contributed by atoms with Gasteiger partial charge in [0.1, 0.15) is 17.2 Å². The first kappa shape index (κ1) is 20.3. The van der Waals surface area contributed by atoms with E-state index in [0.717, 1.165) is 24.6 Å². The molecule has 1 fully saturated rings. The average molecular weight is 407 g/mol. The summed E-state index contributed by atoms with van der Waals surface area (Å²) in [6.07, 6.45) is 1.44. The van der Waals surface area contributed by atoms with Gasteiger partial charge in [-0.25, -0.2) is 0 Å². The van der Waals surface area contributed by atoms with E-state index in [9.17, 15) is 9.59 Å². The summed E-state index contributed by atoms with van der Waals surface area (Å²) >= 11 is 5.85. The van der Waals surface area contributed by atoms with Crippen molar-refractivity contribution in [1.82, 2.24) is 20.5 Å². The molecule has 1 atom stereocenters. The maximum absolute atomic E-state index is 12.2. The normalized spacial score (nSPS) is 15.8. The van der Waals surface area contributed by atoms with Crippen molar-refractivity contribution in [1.29, 1.82) is 0 Å². The maximum atomic E-state index is 12.2. The highest BCUT2D eigenvalue weighted by Gasteiger charge is 2.25. The monoisotopic (exact) mass is 406 g/mol. The molecular formula is C19H23ClN4O4. The van der Waals surface area contributed by atoms with Gasteiger partial charge in [-0.1, -0.05) is 11.6 Å². The third kappa shape index (κ3) is 5.54. The molecule has 0 bridgehead atoms. The predicted molar refractivity (Wildman–Crippen MR) is 103 cm³/mol. The summed E-state index contributed by atoms with van der Waals surface area (Å²) in [4.78, 5) is 30.4. The topological polar surface area (TPSA) is 96.7 Å². The van der Waals surface area contributed by atoms with Crippen molar-refractivity contribution in [3.05, 3.63) is 52.7 Å². The zero-order chi connectivity index (χ0) is 19.9. The summed E-state index contributed by atoms with van der Waals surface area (Å²) in [7, 11) is 0. The summed E-state index contributed by atoms with van der Waals surface area (Å²) in [5.74, 6) is 0.869. The number of pyridine rings is 1. The van der Waals surface area contributed by atoms with E-state index >= 15 is 0 Å². The number of hydrogen-bond acceptors (Lipinski definition) is 6. The Hall–Kier alpha value is -2.42. The average Bonchev–Trinajstić information content (AvgIpc) is 3.13. The first-order chi connectivity index (χ1) is 13.5. The van der Waals surface area contributed by atoms with Crippen molar-refractivity contribution in [3.8, 4) is 0 Å². The molecular weight excluding hydrogens is 384 g/mol. The van der Waals surface area contributed by atoms with E-state index in [2.05, 4.69) is 20.5 Å². The quantitative estimate of drug-likeness (QED) is 0.724. The van der Waals surface area contributed by atoms with Crippen LogP contribution in [0.2, 0.25) is 5.02 Å². The lowest BCUT2D eigenvalue weighted by Crippen LogP contribution is -2.45. The minimum atomic E-state index is -0.455. The van der Waals surface area contributed by atoms with Crippen molar-refractivity contribution >= 4 is 23.4 Å². The first-order valence-corrected chi connectivity index (χ1v) is 9.45. The van der Waals surface area contributed by atoms with E-state index in [1.165, 1.54) is 12.3 Å². The number of nitrogens with zero attached hydrogens (tertiary/aromatic N) is 2. The van der Waals surface area contributed by atoms with E-state index in [0.29, 0.717) is 24.8 Å². The molecule has 8 nitrogen and oxygen atoms in total. The number of halogens is 1. The van der Waals surface area contributed by atoms with Gasteiger partial charge in [-0.3, -0.25) is 19.5 Å². The van der Waals surface area contributed by atoms with Crippen molar-refractivity contribution < 1.29 is 18.7 Å². The lowest BCUT2D eigenvalue weighted by molar-refractivity contribution is -0.120. The van der Waals surface area contributed by atoms with Gasteiger partial charge in [-0.2, -0.15) is 0 Å². The van der Waals surface area contributed by atoms with Gasteiger partial charge in [0.15, 0.2) is 0 Å². The molecule has 1 aliphatic rings. The molecule has 1 saturated heterocycles. The fraction of sp³-hybridized carbons (Fsp3) is 0.421. The van der Waals surface area contributed by atoms with E-state index in [1.807, 2.05) is 19.1 Å². The van der Waals surface area contributed by atoms with Crippen LogP contribution in [0, 0.1) is 6.92 Å².